The largest absolute Gasteiger partial charge is 0.444 e. The van der Waals surface area contributed by atoms with Gasteiger partial charge in [0.15, 0.2) is 11.8 Å². The van der Waals surface area contributed by atoms with Crippen molar-refractivity contribution in [1.29, 1.82) is 0 Å². The molecule has 31 heavy (non-hydrogen) atoms. The van der Waals surface area contributed by atoms with Gasteiger partial charge < -0.3 is 25.4 Å². The predicted octanol–water partition coefficient (Wildman–Crippen LogP) is 2.07. The summed E-state index contributed by atoms with van der Waals surface area (Å²) in [7, 11) is 3.38. The second-order valence-corrected chi connectivity index (χ2v) is 8.89. The number of aromatic nitrogens is 3. The van der Waals surface area contributed by atoms with Crippen LogP contribution in [0, 0.1) is 5.92 Å². The summed E-state index contributed by atoms with van der Waals surface area (Å²) in [6, 6.07) is 0.0976. The Bertz CT molecular complexity index is 731. The second-order valence-electron chi connectivity index (χ2n) is 8.89. The summed E-state index contributed by atoms with van der Waals surface area (Å²) in [6.45, 7) is 11.3. The molecular weight excluding hydrogens is 513 g/mol. The minimum absolute atomic E-state index is 0. The number of rotatable bonds is 7. The van der Waals surface area contributed by atoms with E-state index >= 15 is 0 Å². The van der Waals surface area contributed by atoms with Gasteiger partial charge in [0.25, 0.3) is 0 Å². The topological polar surface area (TPSA) is 115 Å². The minimum Gasteiger partial charge on any atom is -0.444 e. The fourth-order valence-electron chi connectivity index (χ4n) is 3.18. The maximum absolute atomic E-state index is 12.1. The van der Waals surface area contributed by atoms with Crippen molar-refractivity contribution in [2.75, 3.05) is 20.7 Å². The lowest BCUT2D eigenvalue weighted by Crippen LogP contribution is -2.52. The highest BCUT2D eigenvalue weighted by Gasteiger charge is 2.24. The summed E-state index contributed by atoms with van der Waals surface area (Å²) in [6.07, 6.45) is 1.37. The van der Waals surface area contributed by atoms with Gasteiger partial charge in [-0.2, -0.15) is 5.10 Å². The Morgan fingerprint density at radius 2 is 2.06 bits per heavy atom. The van der Waals surface area contributed by atoms with Crippen LogP contribution < -0.4 is 16.0 Å². The number of halogens is 1. The third-order valence-electron chi connectivity index (χ3n) is 4.74. The van der Waals surface area contributed by atoms with Crippen molar-refractivity contribution in [3.63, 3.8) is 0 Å². The van der Waals surface area contributed by atoms with Crippen molar-refractivity contribution in [3.8, 4) is 0 Å². The number of hydrogen-bond donors (Lipinski definition) is 3. The fraction of sp³-hybridized carbons (Fsp3) is 0.800. The van der Waals surface area contributed by atoms with Crippen LogP contribution >= 0.6 is 24.0 Å². The van der Waals surface area contributed by atoms with E-state index in [1.807, 2.05) is 25.5 Å². The van der Waals surface area contributed by atoms with Gasteiger partial charge in [0.2, 0.25) is 0 Å². The van der Waals surface area contributed by atoms with Gasteiger partial charge in [-0.3, -0.25) is 4.99 Å². The number of aryl methyl sites for hydroxylation is 1. The maximum atomic E-state index is 12.1. The van der Waals surface area contributed by atoms with Gasteiger partial charge >= 0.3 is 6.09 Å². The monoisotopic (exact) mass is 551 g/mol. The molecule has 10 nitrogen and oxygen atoms in total. The zero-order chi connectivity index (χ0) is 22.3. The molecule has 0 spiro atoms. The van der Waals surface area contributed by atoms with Crippen LogP contribution in [0.2, 0.25) is 0 Å². The van der Waals surface area contributed by atoms with Gasteiger partial charge in [0.05, 0.1) is 12.6 Å². The molecule has 0 saturated heterocycles. The molecule has 1 aromatic rings. The van der Waals surface area contributed by atoms with Crippen molar-refractivity contribution in [2.24, 2.45) is 10.9 Å². The van der Waals surface area contributed by atoms with E-state index < -0.39 is 11.7 Å². The fourth-order valence-corrected chi connectivity index (χ4v) is 3.18. The summed E-state index contributed by atoms with van der Waals surface area (Å²) in [5, 5.41) is 14.2. The molecule has 1 amide bonds. The molecular formula is C20H38IN7O3. The Kier molecular flexibility index (Phi) is 11.0. The van der Waals surface area contributed by atoms with Crippen LogP contribution in [0.1, 0.15) is 52.7 Å². The summed E-state index contributed by atoms with van der Waals surface area (Å²) in [5.41, 5.74) is -0.527. The molecule has 0 radical (unpaired) electrons. The average Bonchev–Trinajstić information content (AvgIpc) is 3.04. The van der Waals surface area contributed by atoms with Crippen molar-refractivity contribution >= 4 is 36.0 Å². The van der Waals surface area contributed by atoms with Crippen molar-refractivity contribution < 1.29 is 14.3 Å². The van der Waals surface area contributed by atoms with E-state index in [1.54, 1.807) is 14.2 Å². The van der Waals surface area contributed by atoms with E-state index in [9.17, 15) is 4.79 Å². The number of fused-ring (bicyclic) bond motifs is 1. The minimum atomic E-state index is -0.527. The maximum Gasteiger partial charge on any atom is 0.407 e. The molecule has 178 valence electrons. The first kappa shape index (κ1) is 27.4. The molecule has 2 heterocycles. The highest BCUT2D eigenvalue weighted by molar-refractivity contribution is 14.0. The Labute approximate surface area is 202 Å². The van der Waals surface area contributed by atoms with Gasteiger partial charge in [-0.15, -0.1) is 24.0 Å². The second kappa shape index (κ2) is 12.4. The number of hydrogen-bond acceptors (Lipinski definition) is 6. The lowest BCUT2D eigenvalue weighted by Gasteiger charge is -2.28. The van der Waals surface area contributed by atoms with Crippen molar-refractivity contribution in [1.82, 2.24) is 30.7 Å². The number of carbonyl (C=O) groups is 1. The van der Waals surface area contributed by atoms with Gasteiger partial charge in [-0.1, -0.05) is 13.8 Å². The molecule has 1 aliphatic rings. The number of amides is 1. The van der Waals surface area contributed by atoms with Crippen LogP contribution in [0.15, 0.2) is 4.99 Å². The first-order valence-electron chi connectivity index (χ1n) is 10.5. The van der Waals surface area contributed by atoms with Gasteiger partial charge in [0.1, 0.15) is 18.0 Å². The number of guanidine groups is 1. The summed E-state index contributed by atoms with van der Waals surface area (Å²) < 4.78 is 12.4. The molecule has 1 aromatic heterocycles. The van der Waals surface area contributed by atoms with E-state index in [0.717, 1.165) is 25.2 Å². The van der Waals surface area contributed by atoms with Crippen LogP contribution in [0.25, 0.3) is 0 Å². The van der Waals surface area contributed by atoms with E-state index in [1.165, 1.54) is 0 Å². The highest BCUT2D eigenvalue weighted by Crippen LogP contribution is 2.13. The Morgan fingerprint density at radius 3 is 2.65 bits per heavy atom. The SMILES string of the molecule is CN=C(NCC(NC(=O)OC(C)(C)C)C(C)C)NC1CCc2nc(COC)nn2C1.I. The van der Waals surface area contributed by atoms with Crippen molar-refractivity contribution in [2.45, 2.75) is 78.3 Å². The van der Waals surface area contributed by atoms with Crippen LogP contribution in [0.3, 0.4) is 0 Å². The molecule has 0 bridgehead atoms. The molecule has 0 aromatic carbocycles. The molecule has 2 unspecified atom stereocenters. The predicted molar refractivity (Wildman–Crippen MR) is 131 cm³/mol. The molecule has 11 heteroatoms. The zero-order valence-electron chi connectivity index (χ0n) is 19.7. The first-order valence-corrected chi connectivity index (χ1v) is 10.5. The third-order valence-corrected chi connectivity index (χ3v) is 4.74. The average molecular weight is 551 g/mol. The number of methoxy groups -OCH3 is 1. The van der Waals surface area contributed by atoms with Crippen LogP contribution in [-0.2, 0) is 29.0 Å². The Morgan fingerprint density at radius 1 is 1.35 bits per heavy atom. The molecule has 0 aliphatic carbocycles. The number of nitrogens with zero attached hydrogens (tertiary/aromatic N) is 4. The van der Waals surface area contributed by atoms with Crippen LogP contribution in [0.4, 0.5) is 4.79 Å². The van der Waals surface area contributed by atoms with Crippen molar-refractivity contribution in [3.05, 3.63) is 11.6 Å². The lowest BCUT2D eigenvalue weighted by molar-refractivity contribution is 0.0491. The first-order chi connectivity index (χ1) is 14.1. The number of alkyl carbamates (subject to hydrolysis) is 1. The Hall–Kier alpha value is -1.63. The molecule has 1 aliphatic heterocycles. The lowest BCUT2D eigenvalue weighted by atomic mass is 10.0. The van der Waals surface area contributed by atoms with Gasteiger partial charge in [-0.25, -0.2) is 14.5 Å². The highest BCUT2D eigenvalue weighted by atomic mass is 127. The molecule has 3 N–H and O–H groups in total. The van der Waals surface area contributed by atoms with E-state index in [0.29, 0.717) is 24.9 Å². The molecule has 0 fully saturated rings. The zero-order valence-corrected chi connectivity index (χ0v) is 22.0. The number of nitrogens with one attached hydrogen (secondary N) is 3. The molecule has 2 atom stereocenters. The van der Waals surface area contributed by atoms with E-state index in [4.69, 9.17) is 9.47 Å². The summed E-state index contributed by atoms with van der Waals surface area (Å²) >= 11 is 0. The summed E-state index contributed by atoms with van der Waals surface area (Å²) in [5.74, 6) is 2.63. The normalized spacial score (nSPS) is 17.4. The number of carbonyl (C=O) groups excluding carboxylic acids is 1. The quantitative estimate of drug-likeness (QED) is 0.270. The molecule has 0 saturated carbocycles. The van der Waals surface area contributed by atoms with E-state index in [2.05, 4.69) is 44.9 Å². The van der Waals surface area contributed by atoms with Crippen LogP contribution in [0.5, 0.6) is 0 Å². The number of ether oxygens (including phenoxy) is 2. The van der Waals surface area contributed by atoms with Gasteiger partial charge in [-0.05, 0) is 33.1 Å². The van der Waals surface area contributed by atoms with Crippen LogP contribution in [-0.4, -0.2) is 65.2 Å². The van der Waals surface area contributed by atoms with Gasteiger partial charge in [0, 0.05) is 33.2 Å². The third kappa shape index (κ3) is 9.17. The summed E-state index contributed by atoms with van der Waals surface area (Å²) in [4.78, 5) is 21.0. The van der Waals surface area contributed by atoms with E-state index in [-0.39, 0.29) is 42.0 Å². The Balaban J connectivity index is 0.00000480. The molecule has 2 rings (SSSR count). The number of aliphatic imine (C=N–C) groups is 1. The standard InChI is InChI=1S/C20H37N7O3.HI/c1-13(2)15(24-19(28)30-20(3,4)5)10-22-18(21-6)23-14-8-9-17-25-16(12-29-7)26-27(17)11-14;/h13-15H,8-12H2,1-7H3,(H,24,28)(H2,21,22,23);1H. The smallest absolute Gasteiger partial charge is 0.407 e.